The van der Waals surface area contributed by atoms with Crippen molar-refractivity contribution in [3.8, 4) is 17.0 Å². The van der Waals surface area contributed by atoms with Crippen molar-refractivity contribution in [1.29, 1.82) is 0 Å². The van der Waals surface area contributed by atoms with Crippen LogP contribution in [0.15, 0.2) is 71.7 Å². The molecule has 4 rings (SSSR count). The Balaban J connectivity index is 1.82. The summed E-state index contributed by atoms with van der Waals surface area (Å²) in [6, 6.07) is 17.3. The molecule has 0 aliphatic heterocycles. The van der Waals surface area contributed by atoms with E-state index in [1.54, 1.807) is 37.6 Å². The van der Waals surface area contributed by atoms with E-state index in [1.807, 2.05) is 44.2 Å². The zero-order chi connectivity index (χ0) is 22.8. The van der Waals surface area contributed by atoms with Crippen molar-refractivity contribution in [1.82, 2.24) is 9.38 Å². The quantitative estimate of drug-likeness (QED) is 0.467. The number of aromatic carboxylic acids is 1. The number of nitrogens with one attached hydrogen (secondary N) is 1. The number of hydrogen-bond acceptors (Lipinski definition) is 5. The first-order valence-electron chi connectivity index (χ1n) is 10.1. The van der Waals surface area contributed by atoms with Crippen molar-refractivity contribution in [3.63, 3.8) is 0 Å². The highest BCUT2D eigenvalue weighted by molar-refractivity contribution is 5.94. The van der Waals surface area contributed by atoms with Crippen molar-refractivity contribution < 1.29 is 14.6 Å². The van der Waals surface area contributed by atoms with Crippen LogP contribution in [0.5, 0.6) is 5.75 Å². The summed E-state index contributed by atoms with van der Waals surface area (Å²) in [5.74, 6) is -0.289. The van der Waals surface area contributed by atoms with Gasteiger partial charge in [-0.3, -0.25) is 9.20 Å². The Morgan fingerprint density at radius 1 is 1.12 bits per heavy atom. The third kappa shape index (κ3) is 4.05. The molecule has 0 radical (unpaired) electrons. The van der Waals surface area contributed by atoms with Crippen LogP contribution in [0.3, 0.4) is 0 Å². The van der Waals surface area contributed by atoms with E-state index < -0.39 is 5.97 Å². The summed E-state index contributed by atoms with van der Waals surface area (Å²) in [5, 5.41) is 12.8. The lowest BCUT2D eigenvalue weighted by Gasteiger charge is -2.20. The van der Waals surface area contributed by atoms with Gasteiger partial charge in [0.25, 0.3) is 5.56 Å². The van der Waals surface area contributed by atoms with Gasteiger partial charge in [0, 0.05) is 29.1 Å². The van der Waals surface area contributed by atoms with Gasteiger partial charge in [0.1, 0.15) is 11.4 Å². The number of pyridine rings is 1. The highest BCUT2D eigenvalue weighted by Crippen LogP contribution is 2.27. The number of para-hydroxylation sites is 1. The van der Waals surface area contributed by atoms with Crippen molar-refractivity contribution in [2.24, 2.45) is 0 Å². The molecule has 4 aromatic rings. The van der Waals surface area contributed by atoms with Crippen LogP contribution in [0.25, 0.3) is 16.9 Å². The fourth-order valence-corrected chi connectivity index (χ4v) is 3.71. The molecule has 0 amide bonds. The van der Waals surface area contributed by atoms with Crippen LogP contribution >= 0.6 is 0 Å². The third-order valence-corrected chi connectivity index (χ3v) is 5.31. The summed E-state index contributed by atoms with van der Waals surface area (Å²) in [7, 11) is 1.60. The van der Waals surface area contributed by atoms with E-state index in [9.17, 15) is 14.7 Å². The molecule has 1 unspecified atom stereocenters. The minimum absolute atomic E-state index is 0.181. The maximum Gasteiger partial charge on any atom is 0.337 e. The molecular formula is C25H23N3O4. The second-order valence-corrected chi connectivity index (χ2v) is 7.59. The molecule has 0 saturated heterocycles. The monoisotopic (exact) mass is 429 g/mol. The SMILES string of the molecule is COc1ccc(-c2cc(=O)n3cc(C)cc(C(C)Nc4ccccc4C(=O)O)c3n2)cc1. The van der Waals surface area contributed by atoms with Gasteiger partial charge in [0.2, 0.25) is 0 Å². The maximum absolute atomic E-state index is 12.9. The first-order valence-corrected chi connectivity index (χ1v) is 10.1. The normalized spacial score (nSPS) is 11.8. The number of nitrogens with zero attached hydrogens (tertiary/aromatic N) is 2. The number of fused-ring (bicyclic) bond motifs is 1. The van der Waals surface area contributed by atoms with Gasteiger partial charge in [-0.05, 0) is 61.9 Å². The van der Waals surface area contributed by atoms with Crippen LogP contribution in [0.2, 0.25) is 0 Å². The van der Waals surface area contributed by atoms with E-state index in [2.05, 4.69) is 5.32 Å². The minimum Gasteiger partial charge on any atom is -0.497 e. The zero-order valence-electron chi connectivity index (χ0n) is 18.0. The Morgan fingerprint density at radius 3 is 2.53 bits per heavy atom. The lowest BCUT2D eigenvalue weighted by atomic mass is 10.1. The van der Waals surface area contributed by atoms with Crippen molar-refractivity contribution in [3.05, 3.63) is 93.9 Å². The van der Waals surface area contributed by atoms with Gasteiger partial charge in [-0.2, -0.15) is 0 Å². The van der Waals surface area contributed by atoms with E-state index in [1.165, 1.54) is 10.5 Å². The molecule has 7 nitrogen and oxygen atoms in total. The molecule has 32 heavy (non-hydrogen) atoms. The molecule has 2 heterocycles. The molecule has 2 aromatic carbocycles. The smallest absolute Gasteiger partial charge is 0.337 e. The van der Waals surface area contributed by atoms with E-state index in [0.717, 1.165) is 22.4 Å². The summed E-state index contributed by atoms with van der Waals surface area (Å²) < 4.78 is 6.74. The summed E-state index contributed by atoms with van der Waals surface area (Å²) in [6.07, 6.45) is 1.75. The number of rotatable bonds is 6. The van der Waals surface area contributed by atoms with Gasteiger partial charge >= 0.3 is 5.97 Å². The van der Waals surface area contributed by atoms with Gasteiger partial charge in [-0.15, -0.1) is 0 Å². The Hall–Kier alpha value is -4.13. The number of anilines is 1. The lowest BCUT2D eigenvalue weighted by molar-refractivity contribution is 0.0698. The van der Waals surface area contributed by atoms with Crippen LogP contribution in [0.4, 0.5) is 5.69 Å². The van der Waals surface area contributed by atoms with Crippen molar-refractivity contribution in [2.75, 3.05) is 12.4 Å². The van der Waals surface area contributed by atoms with Crippen LogP contribution in [-0.2, 0) is 0 Å². The van der Waals surface area contributed by atoms with E-state index in [4.69, 9.17) is 9.72 Å². The molecular weight excluding hydrogens is 406 g/mol. The first kappa shape index (κ1) is 21.1. The molecule has 2 N–H and O–H groups in total. The molecule has 0 aliphatic rings. The van der Waals surface area contributed by atoms with Crippen molar-refractivity contribution in [2.45, 2.75) is 19.9 Å². The number of aryl methyl sites for hydroxylation is 1. The lowest BCUT2D eigenvalue weighted by Crippen LogP contribution is -2.19. The number of methoxy groups -OCH3 is 1. The van der Waals surface area contributed by atoms with Crippen molar-refractivity contribution >= 4 is 17.3 Å². The number of carbonyl (C=O) groups is 1. The van der Waals surface area contributed by atoms with Gasteiger partial charge in [0.15, 0.2) is 0 Å². The molecule has 2 aromatic heterocycles. The summed E-state index contributed by atoms with van der Waals surface area (Å²) in [4.78, 5) is 29.3. The van der Waals surface area contributed by atoms with Gasteiger partial charge in [-0.25, -0.2) is 9.78 Å². The fraction of sp³-hybridized carbons (Fsp3) is 0.160. The maximum atomic E-state index is 12.9. The van der Waals surface area contributed by atoms with Crippen LogP contribution in [0.1, 0.15) is 34.5 Å². The summed E-state index contributed by atoms with van der Waals surface area (Å²) in [6.45, 7) is 3.82. The fourth-order valence-electron chi connectivity index (χ4n) is 3.71. The zero-order valence-corrected chi connectivity index (χ0v) is 18.0. The highest BCUT2D eigenvalue weighted by atomic mass is 16.5. The highest BCUT2D eigenvalue weighted by Gasteiger charge is 2.17. The molecule has 0 bridgehead atoms. The molecule has 1 atom stereocenters. The molecule has 0 fully saturated rings. The predicted molar refractivity (Wildman–Crippen MR) is 124 cm³/mol. The number of benzene rings is 2. The number of aromatic nitrogens is 2. The molecule has 7 heteroatoms. The average Bonchev–Trinajstić information content (AvgIpc) is 2.79. The topological polar surface area (TPSA) is 92.9 Å². The minimum atomic E-state index is -1.01. The first-order chi connectivity index (χ1) is 15.4. The largest absolute Gasteiger partial charge is 0.497 e. The molecule has 162 valence electrons. The Labute approximate surface area is 184 Å². The number of hydrogen-bond donors (Lipinski definition) is 2. The van der Waals surface area contributed by atoms with Crippen LogP contribution in [-0.4, -0.2) is 27.6 Å². The Morgan fingerprint density at radius 2 is 1.84 bits per heavy atom. The second kappa shape index (κ2) is 8.55. The number of carboxylic acid groups (broad SMARTS) is 1. The summed E-state index contributed by atoms with van der Waals surface area (Å²) in [5.41, 5.74) is 4.05. The van der Waals surface area contributed by atoms with Crippen LogP contribution < -0.4 is 15.6 Å². The van der Waals surface area contributed by atoms with E-state index in [0.29, 0.717) is 17.0 Å². The van der Waals surface area contributed by atoms with E-state index in [-0.39, 0.29) is 17.2 Å². The Bertz CT molecular complexity index is 1360. The third-order valence-electron chi connectivity index (χ3n) is 5.31. The average molecular weight is 429 g/mol. The predicted octanol–water partition coefficient (Wildman–Crippen LogP) is 4.55. The molecule has 0 aliphatic carbocycles. The second-order valence-electron chi connectivity index (χ2n) is 7.59. The standard InChI is InChI=1S/C25H23N3O4/c1-15-12-20(16(2)26-21-7-5-4-6-19(21)25(30)31)24-27-22(13-23(29)28(24)14-15)17-8-10-18(32-3)11-9-17/h4-14,16,26H,1-3H3,(H,30,31). The summed E-state index contributed by atoms with van der Waals surface area (Å²) >= 11 is 0. The van der Waals surface area contributed by atoms with E-state index >= 15 is 0 Å². The van der Waals surface area contributed by atoms with Gasteiger partial charge < -0.3 is 15.2 Å². The van der Waals surface area contributed by atoms with Gasteiger partial charge in [-0.1, -0.05) is 12.1 Å². The van der Waals surface area contributed by atoms with Crippen LogP contribution in [0, 0.1) is 6.92 Å². The molecule has 0 saturated carbocycles. The number of carboxylic acids is 1. The molecule has 0 spiro atoms. The number of ether oxygens (including phenoxy) is 1. The van der Waals surface area contributed by atoms with Gasteiger partial charge in [0.05, 0.1) is 24.4 Å². The Kier molecular flexibility index (Phi) is 5.64.